The number of nitrogens with one attached hydrogen (secondary N) is 1. The number of likely N-dealkylation sites (tertiary alicyclic amines) is 1. The summed E-state index contributed by atoms with van der Waals surface area (Å²) in [6.07, 6.45) is 0. The van der Waals surface area contributed by atoms with Gasteiger partial charge in [-0.1, -0.05) is 25.1 Å². The second-order valence-electron chi connectivity index (χ2n) is 4.74. The zero-order chi connectivity index (χ0) is 12.5. The van der Waals surface area contributed by atoms with Gasteiger partial charge in [0.2, 0.25) is 10.0 Å². The van der Waals surface area contributed by atoms with Gasteiger partial charge in [0.1, 0.15) is 0 Å². The molecule has 2 atom stereocenters. The first-order valence-corrected chi connectivity index (χ1v) is 7.23. The van der Waals surface area contributed by atoms with Crippen LogP contribution in [0.3, 0.4) is 0 Å². The van der Waals surface area contributed by atoms with Crippen LogP contribution in [0.25, 0.3) is 0 Å². The molecule has 1 fully saturated rings. The van der Waals surface area contributed by atoms with Gasteiger partial charge < -0.3 is 4.90 Å². The zero-order valence-corrected chi connectivity index (χ0v) is 10.9. The van der Waals surface area contributed by atoms with Crippen LogP contribution < -0.4 is 4.72 Å². The summed E-state index contributed by atoms with van der Waals surface area (Å²) >= 11 is 0. The van der Waals surface area contributed by atoms with Gasteiger partial charge >= 0.3 is 0 Å². The van der Waals surface area contributed by atoms with E-state index < -0.39 is 10.0 Å². The molecule has 0 spiro atoms. The number of nitrogens with zero attached hydrogens (tertiary/aromatic N) is 1. The molecule has 1 aromatic rings. The number of sulfonamides is 1. The third-order valence-electron chi connectivity index (χ3n) is 3.15. The predicted molar refractivity (Wildman–Crippen MR) is 67.2 cm³/mol. The topological polar surface area (TPSA) is 49.4 Å². The Morgan fingerprint density at radius 1 is 1.24 bits per heavy atom. The molecule has 94 valence electrons. The van der Waals surface area contributed by atoms with Gasteiger partial charge in [0.05, 0.1) is 4.90 Å². The number of likely N-dealkylation sites (N-methyl/N-ethyl adjacent to an activating group) is 1. The first-order valence-electron chi connectivity index (χ1n) is 5.75. The molecule has 0 amide bonds. The molecule has 0 radical (unpaired) electrons. The van der Waals surface area contributed by atoms with Crippen LogP contribution in [0.4, 0.5) is 0 Å². The van der Waals surface area contributed by atoms with E-state index in [1.165, 1.54) is 0 Å². The lowest BCUT2D eigenvalue weighted by Crippen LogP contribution is -2.39. The molecule has 1 aromatic carbocycles. The minimum atomic E-state index is -3.38. The Labute approximate surface area is 103 Å². The smallest absolute Gasteiger partial charge is 0.240 e. The fourth-order valence-electron chi connectivity index (χ4n) is 2.23. The Bertz CT molecular complexity index is 473. The van der Waals surface area contributed by atoms with E-state index in [1.807, 2.05) is 13.1 Å². The van der Waals surface area contributed by atoms with Crippen molar-refractivity contribution >= 4 is 10.0 Å². The fraction of sp³-hybridized carbons (Fsp3) is 0.500. The van der Waals surface area contributed by atoms with Gasteiger partial charge in [-0.05, 0) is 25.1 Å². The molecule has 1 aliphatic rings. The number of hydrogen-bond acceptors (Lipinski definition) is 3. The van der Waals surface area contributed by atoms with E-state index in [0.717, 1.165) is 13.1 Å². The molecule has 0 aliphatic carbocycles. The van der Waals surface area contributed by atoms with E-state index in [-0.39, 0.29) is 6.04 Å². The molecule has 2 unspecified atom stereocenters. The number of benzene rings is 1. The van der Waals surface area contributed by atoms with Crippen LogP contribution in [0, 0.1) is 5.92 Å². The van der Waals surface area contributed by atoms with E-state index in [4.69, 9.17) is 0 Å². The maximum absolute atomic E-state index is 12.1. The van der Waals surface area contributed by atoms with Crippen LogP contribution in [0.1, 0.15) is 6.92 Å². The van der Waals surface area contributed by atoms with Crippen LogP contribution in [0.15, 0.2) is 35.2 Å². The third kappa shape index (κ3) is 2.86. The summed E-state index contributed by atoms with van der Waals surface area (Å²) in [6.45, 7) is 3.77. The van der Waals surface area contributed by atoms with Crippen LogP contribution in [-0.2, 0) is 10.0 Å². The minimum absolute atomic E-state index is 0.00482. The van der Waals surface area contributed by atoms with Crippen molar-refractivity contribution in [3.8, 4) is 0 Å². The van der Waals surface area contributed by atoms with Gasteiger partial charge in [0.15, 0.2) is 0 Å². The third-order valence-corrected chi connectivity index (χ3v) is 4.66. The SMILES string of the molecule is CC1CN(C)CC1NS(=O)(=O)c1ccccc1. The van der Waals surface area contributed by atoms with E-state index >= 15 is 0 Å². The Morgan fingerprint density at radius 2 is 1.88 bits per heavy atom. The van der Waals surface area contributed by atoms with Gasteiger partial charge in [0.25, 0.3) is 0 Å². The molecule has 2 rings (SSSR count). The standard InChI is InChI=1S/C12H18N2O2S/c1-10-8-14(2)9-12(10)13-17(15,16)11-6-4-3-5-7-11/h3-7,10,12-13H,8-9H2,1-2H3. The molecule has 0 aromatic heterocycles. The molecular formula is C12H18N2O2S. The summed E-state index contributed by atoms with van der Waals surface area (Å²) in [5, 5.41) is 0. The average molecular weight is 254 g/mol. The van der Waals surface area contributed by atoms with Gasteiger partial charge in [-0.3, -0.25) is 0 Å². The molecular weight excluding hydrogens is 236 g/mol. The van der Waals surface area contributed by atoms with E-state index in [2.05, 4.69) is 16.5 Å². The van der Waals surface area contributed by atoms with Crippen molar-refractivity contribution in [2.45, 2.75) is 17.9 Å². The molecule has 0 saturated carbocycles. The van der Waals surface area contributed by atoms with E-state index in [0.29, 0.717) is 10.8 Å². The molecule has 1 heterocycles. The van der Waals surface area contributed by atoms with Crippen LogP contribution in [0.2, 0.25) is 0 Å². The van der Waals surface area contributed by atoms with Crippen LogP contribution in [0.5, 0.6) is 0 Å². The molecule has 17 heavy (non-hydrogen) atoms. The summed E-state index contributed by atoms with van der Waals surface area (Å²) in [6, 6.07) is 8.52. The van der Waals surface area contributed by atoms with E-state index in [9.17, 15) is 8.42 Å². The summed E-state index contributed by atoms with van der Waals surface area (Å²) in [7, 11) is -1.37. The van der Waals surface area contributed by atoms with Crippen molar-refractivity contribution in [1.29, 1.82) is 0 Å². The Hall–Kier alpha value is -0.910. The highest BCUT2D eigenvalue weighted by atomic mass is 32.2. The van der Waals surface area contributed by atoms with Crippen LogP contribution in [-0.4, -0.2) is 39.5 Å². The monoisotopic (exact) mass is 254 g/mol. The van der Waals surface area contributed by atoms with Crippen molar-refractivity contribution in [2.75, 3.05) is 20.1 Å². The maximum atomic E-state index is 12.1. The van der Waals surface area contributed by atoms with Crippen molar-refractivity contribution < 1.29 is 8.42 Å². The second-order valence-corrected chi connectivity index (χ2v) is 6.45. The first-order chi connectivity index (χ1) is 7.99. The van der Waals surface area contributed by atoms with Crippen molar-refractivity contribution in [2.24, 2.45) is 5.92 Å². The second kappa shape index (κ2) is 4.76. The number of hydrogen-bond donors (Lipinski definition) is 1. The first kappa shape index (κ1) is 12.5. The summed E-state index contributed by atoms with van der Waals surface area (Å²) in [4.78, 5) is 2.48. The Balaban J connectivity index is 2.14. The summed E-state index contributed by atoms with van der Waals surface area (Å²) in [5.41, 5.74) is 0. The van der Waals surface area contributed by atoms with Crippen molar-refractivity contribution in [3.05, 3.63) is 30.3 Å². The Kier molecular flexibility index (Phi) is 3.51. The largest absolute Gasteiger partial charge is 0.304 e. The van der Waals surface area contributed by atoms with Gasteiger partial charge in [-0.2, -0.15) is 0 Å². The molecule has 5 heteroatoms. The highest BCUT2D eigenvalue weighted by Crippen LogP contribution is 2.17. The quantitative estimate of drug-likeness (QED) is 0.872. The maximum Gasteiger partial charge on any atom is 0.240 e. The fourth-order valence-corrected chi connectivity index (χ4v) is 3.59. The molecule has 1 N–H and O–H groups in total. The normalized spacial score (nSPS) is 26.2. The van der Waals surface area contributed by atoms with Gasteiger partial charge in [-0.25, -0.2) is 13.1 Å². The Morgan fingerprint density at radius 3 is 2.41 bits per heavy atom. The molecule has 0 bridgehead atoms. The minimum Gasteiger partial charge on any atom is -0.304 e. The van der Waals surface area contributed by atoms with Crippen molar-refractivity contribution in [3.63, 3.8) is 0 Å². The van der Waals surface area contributed by atoms with E-state index in [1.54, 1.807) is 24.3 Å². The lowest BCUT2D eigenvalue weighted by molar-refractivity contribution is 0.400. The average Bonchev–Trinajstić information content (AvgIpc) is 2.58. The summed E-state index contributed by atoms with van der Waals surface area (Å²) in [5.74, 6) is 0.346. The highest BCUT2D eigenvalue weighted by Gasteiger charge is 2.31. The molecule has 1 saturated heterocycles. The highest BCUT2D eigenvalue weighted by molar-refractivity contribution is 7.89. The summed E-state index contributed by atoms with van der Waals surface area (Å²) < 4.78 is 27.0. The zero-order valence-electron chi connectivity index (χ0n) is 10.1. The number of rotatable bonds is 3. The van der Waals surface area contributed by atoms with Crippen LogP contribution >= 0.6 is 0 Å². The lowest BCUT2D eigenvalue weighted by atomic mass is 10.1. The van der Waals surface area contributed by atoms with Gasteiger partial charge in [0, 0.05) is 19.1 Å². The lowest BCUT2D eigenvalue weighted by Gasteiger charge is -2.16. The molecule has 4 nitrogen and oxygen atoms in total. The van der Waals surface area contributed by atoms with Gasteiger partial charge in [-0.15, -0.1) is 0 Å². The predicted octanol–water partition coefficient (Wildman–Crippen LogP) is 0.915. The molecule has 1 aliphatic heterocycles. The van der Waals surface area contributed by atoms with Crippen molar-refractivity contribution in [1.82, 2.24) is 9.62 Å².